The number of amides is 2. The van der Waals surface area contributed by atoms with Crippen LogP contribution in [-0.4, -0.2) is 32.3 Å². The highest BCUT2D eigenvalue weighted by Gasteiger charge is 2.15. The molecule has 0 fully saturated rings. The molecule has 140 valence electrons. The van der Waals surface area contributed by atoms with E-state index in [0.29, 0.717) is 17.4 Å². The van der Waals surface area contributed by atoms with Crippen molar-refractivity contribution in [3.8, 4) is 0 Å². The van der Waals surface area contributed by atoms with Gasteiger partial charge in [-0.15, -0.1) is 10.2 Å². The van der Waals surface area contributed by atoms with Gasteiger partial charge in [-0.1, -0.05) is 48.5 Å². The third-order valence-electron chi connectivity index (χ3n) is 4.08. The van der Waals surface area contributed by atoms with Gasteiger partial charge in [0, 0.05) is 19.9 Å². The third kappa shape index (κ3) is 5.59. The Labute approximate surface area is 157 Å². The second-order valence-electron chi connectivity index (χ2n) is 6.15. The Balaban J connectivity index is 1.89. The zero-order chi connectivity index (χ0) is 19.1. The minimum Gasteiger partial charge on any atom is -0.370 e. The Morgan fingerprint density at radius 2 is 1.96 bits per heavy atom. The molecule has 0 radical (unpaired) electrons. The van der Waals surface area contributed by atoms with E-state index in [0.717, 1.165) is 12.0 Å². The van der Waals surface area contributed by atoms with Crippen LogP contribution in [0, 0.1) is 6.92 Å². The second-order valence-corrected chi connectivity index (χ2v) is 7.09. The highest BCUT2D eigenvalue weighted by molar-refractivity contribution is 7.99. The molecule has 0 saturated heterocycles. The second kappa shape index (κ2) is 9.38. The van der Waals surface area contributed by atoms with Gasteiger partial charge in [-0.05, 0) is 18.9 Å². The van der Waals surface area contributed by atoms with E-state index in [1.54, 1.807) is 4.57 Å². The molecule has 0 bridgehead atoms. The van der Waals surface area contributed by atoms with E-state index in [1.165, 1.54) is 17.3 Å². The molecule has 8 heteroatoms. The van der Waals surface area contributed by atoms with Gasteiger partial charge >= 0.3 is 0 Å². The van der Waals surface area contributed by atoms with Gasteiger partial charge in [0.1, 0.15) is 5.82 Å². The van der Waals surface area contributed by atoms with Crippen LogP contribution >= 0.6 is 11.8 Å². The molecular weight excluding hydrogens is 350 g/mol. The molecule has 1 aromatic heterocycles. The normalized spacial score (nSPS) is 12.0. The average molecular weight is 375 g/mol. The van der Waals surface area contributed by atoms with Crippen molar-refractivity contribution in [3.63, 3.8) is 0 Å². The van der Waals surface area contributed by atoms with Gasteiger partial charge in [0.15, 0.2) is 5.16 Å². The maximum absolute atomic E-state index is 12.3. The van der Waals surface area contributed by atoms with E-state index in [9.17, 15) is 9.59 Å². The summed E-state index contributed by atoms with van der Waals surface area (Å²) in [5.74, 6) is 0.509. The van der Waals surface area contributed by atoms with E-state index in [2.05, 4.69) is 15.5 Å². The smallest absolute Gasteiger partial charge is 0.230 e. The van der Waals surface area contributed by atoms with Crippen molar-refractivity contribution in [1.82, 2.24) is 20.1 Å². The number of carbonyl (C=O) groups is 2. The van der Waals surface area contributed by atoms with Crippen molar-refractivity contribution < 1.29 is 9.59 Å². The summed E-state index contributed by atoms with van der Waals surface area (Å²) in [6.45, 7) is 4.09. The first kappa shape index (κ1) is 20.0. The van der Waals surface area contributed by atoms with Gasteiger partial charge in [0.05, 0.1) is 11.8 Å². The maximum Gasteiger partial charge on any atom is 0.230 e. The predicted molar refractivity (Wildman–Crippen MR) is 102 cm³/mol. The Bertz CT molecular complexity index is 757. The van der Waals surface area contributed by atoms with Crippen molar-refractivity contribution in [2.45, 2.75) is 44.3 Å². The molecule has 0 aliphatic heterocycles. The number of hydrogen-bond acceptors (Lipinski definition) is 5. The van der Waals surface area contributed by atoms with Gasteiger partial charge in [-0.25, -0.2) is 0 Å². The first-order valence-corrected chi connectivity index (χ1v) is 9.54. The fourth-order valence-electron chi connectivity index (χ4n) is 2.51. The van der Waals surface area contributed by atoms with Gasteiger partial charge in [-0.2, -0.15) is 0 Å². The number of aryl methyl sites for hydroxylation is 2. The number of nitrogens with one attached hydrogen (secondary N) is 1. The fourth-order valence-corrected chi connectivity index (χ4v) is 3.25. The number of hydrogen-bond donors (Lipinski definition) is 2. The molecule has 0 saturated carbocycles. The molecule has 7 nitrogen and oxygen atoms in total. The minimum atomic E-state index is -0.372. The number of carbonyl (C=O) groups excluding carboxylic acids is 2. The van der Waals surface area contributed by atoms with Crippen LogP contribution in [0.2, 0.25) is 0 Å². The monoisotopic (exact) mass is 375 g/mol. The summed E-state index contributed by atoms with van der Waals surface area (Å²) in [4.78, 5) is 23.2. The molecule has 0 spiro atoms. The van der Waals surface area contributed by atoms with Crippen LogP contribution in [0.15, 0.2) is 29.4 Å². The molecule has 26 heavy (non-hydrogen) atoms. The predicted octanol–water partition coefficient (Wildman–Crippen LogP) is 1.90. The van der Waals surface area contributed by atoms with Crippen molar-refractivity contribution in [2.75, 3.05) is 5.75 Å². The van der Waals surface area contributed by atoms with Crippen LogP contribution in [0.4, 0.5) is 0 Å². The van der Waals surface area contributed by atoms with E-state index in [-0.39, 0.29) is 30.0 Å². The molecular formula is C18H25N5O2S. The summed E-state index contributed by atoms with van der Waals surface area (Å²) in [5.41, 5.74) is 7.45. The Morgan fingerprint density at radius 3 is 2.58 bits per heavy atom. The van der Waals surface area contributed by atoms with E-state index in [1.807, 2.05) is 45.2 Å². The Morgan fingerprint density at radius 1 is 1.27 bits per heavy atom. The molecule has 3 N–H and O–H groups in total. The molecule has 2 rings (SSSR count). The van der Waals surface area contributed by atoms with Crippen LogP contribution in [0.25, 0.3) is 0 Å². The van der Waals surface area contributed by atoms with Crippen LogP contribution in [0.1, 0.15) is 42.8 Å². The lowest BCUT2D eigenvalue weighted by Gasteiger charge is -2.17. The zero-order valence-electron chi connectivity index (χ0n) is 15.4. The zero-order valence-corrected chi connectivity index (χ0v) is 16.2. The number of nitrogens with zero attached hydrogens (tertiary/aromatic N) is 3. The van der Waals surface area contributed by atoms with Crippen molar-refractivity contribution >= 4 is 23.6 Å². The summed E-state index contributed by atoms with van der Waals surface area (Å²) >= 11 is 1.32. The molecule has 0 aliphatic carbocycles. The topological polar surface area (TPSA) is 103 Å². The standard InChI is InChI=1S/C18H25N5O2S/c1-4-14(13-7-5-12(2)6-8-13)20-17(25)11-26-18-22-21-16(23(18)3)10-9-15(19)24/h5-8,14H,4,9-11H2,1-3H3,(H2,19,24)(H,20,25)/t14-/m0/s1. The van der Waals surface area contributed by atoms with Crippen LogP contribution in [0.3, 0.4) is 0 Å². The number of aromatic nitrogens is 3. The molecule has 1 heterocycles. The van der Waals surface area contributed by atoms with Gasteiger partial charge in [0.2, 0.25) is 11.8 Å². The Kier molecular flexibility index (Phi) is 7.20. The summed E-state index contributed by atoms with van der Waals surface area (Å²) in [6.07, 6.45) is 1.49. The van der Waals surface area contributed by atoms with Gasteiger partial charge in [-0.3, -0.25) is 9.59 Å². The first-order chi connectivity index (χ1) is 12.4. The molecule has 2 amide bonds. The van der Waals surface area contributed by atoms with E-state index < -0.39 is 0 Å². The van der Waals surface area contributed by atoms with Gasteiger partial charge in [0.25, 0.3) is 0 Å². The summed E-state index contributed by atoms with van der Waals surface area (Å²) < 4.78 is 1.79. The summed E-state index contributed by atoms with van der Waals surface area (Å²) in [7, 11) is 1.82. The number of benzene rings is 1. The average Bonchev–Trinajstić information content (AvgIpc) is 2.97. The van der Waals surface area contributed by atoms with Crippen LogP contribution in [-0.2, 0) is 23.1 Å². The number of rotatable bonds is 9. The van der Waals surface area contributed by atoms with E-state index >= 15 is 0 Å². The molecule has 1 atom stereocenters. The maximum atomic E-state index is 12.3. The Hall–Kier alpha value is -2.35. The molecule has 2 aromatic rings. The quantitative estimate of drug-likeness (QED) is 0.652. The van der Waals surface area contributed by atoms with Crippen LogP contribution in [0.5, 0.6) is 0 Å². The fraction of sp³-hybridized carbons (Fsp3) is 0.444. The lowest BCUT2D eigenvalue weighted by Crippen LogP contribution is -2.29. The van der Waals surface area contributed by atoms with Crippen molar-refractivity contribution in [2.24, 2.45) is 12.8 Å². The minimum absolute atomic E-state index is 0.00526. The molecule has 0 aliphatic rings. The number of primary amides is 1. The first-order valence-electron chi connectivity index (χ1n) is 8.56. The highest BCUT2D eigenvalue weighted by atomic mass is 32.2. The summed E-state index contributed by atoms with van der Waals surface area (Å²) in [6, 6.07) is 8.18. The highest BCUT2D eigenvalue weighted by Crippen LogP contribution is 2.19. The SMILES string of the molecule is CC[C@H](NC(=O)CSc1nnc(CCC(N)=O)n1C)c1ccc(C)cc1. The lowest BCUT2D eigenvalue weighted by molar-refractivity contribution is -0.119. The van der Waals surface area contributed by atoms with Crippen molar-refractivity contribution in [1.29, 1.82) is 0 Å². The largest absolute Gasteiger partial charge is 0.370 e. The van der Waals surface area contributed by atoms with Gasteiger partial charge < -0.3 is 15.6 Å². The lowest BCUT2D eigenvalue weighted by atomic mass is 10.0. The summed E-state index contributed by atoms with van der Waals surface area (Å²) in [5, 5.41) is 11.8. The number of nitrogens with two attached hydrogens (primary N) is 1. The third-order valence-corrected chi connectivity index (χ3v) is 5.10. The van der Waals surface area contributed by atoms with Crippen molar-refractivity contribution in [3.05, 3.63) is 41.2 Å². The number of thioether (sulfide) groups is 1. The molecule has 0 unspecified atom stereocenters. The van der Waals surface area contributed by atoms with E-state index in [4.69, 9.17) is 5.73 Å². The molecule has 1 aromatic carbocycles. The van der Waals surface area contributed by atoms with Crippen LogP contribution < -0.4 is 11.1 Å².